The van der Waals surface area contributed by atoms with Crippen LogP contribution in [0.25, 0.3) is 116 Å². The highest BCUT2D eigenvalue weighted by atomic mass is 15.1. The Labute approximate surface area is 395 Å². The molecule has 0 amide bonds. The van der Waals surface area contributed by atoms with Gasteiger partial charge < -0.3 is 13.7 Å². The van der Waals surface area contributed by atoms with Crippen LogP contribution in [0.15, 0.2) is 236 Å². The van der Waals surface area contributed by atoms with E-state index < -0.39 is 188 Å². The van der Waals surface area contributed by atoms with E-state index in [4.69, 9.17) is 13.7 Å². The molecule has 0 aliphatic heterocycles. The molecular formula is C60H39N3. The van der Waals surface area contributed by atoms with Crippen LogP contribution in [-0.4, -0.2) is 13.7 Å². The van der Waals surface area contributed by atoms with Gasteiger partial charge in [-0.25, -0.2) is 0 Å². The molecule has 0 bridgehead atoms. The highest BCUT2D eigenvalue weighted by molar-refractivity contribution is 6.16. The molecule has 0 aliphatic rings. The van der Waals surface area contributed by atoms with E-state index in [0.717, 1.165) is 20.3 Å². The topological polar surface area (TPSA) is 14.8 Å². The first kappa shape index (κ1) is 20.0. The molecule has 63 heavy (non-hydrogen) atoms. The summed E-state index contributed by atoms with van der Waals surface area (Å²) in [4.78, 5) is 0. The maximum atomic E-state index is 10.6. The van der Waals surface area contributed by atoms with Crippen molar-refractivity contribution in [2.75, 3.05) is 0 Å². The van der Waals surface area contributed by atoms with E-state index in [9.17, 15) is 16.4 Å². The second kappa shape index (κ2) is 14.1. The molecule has 0 saturated carbocycles. The number of fused-ring (bicyclic) bond motifs is 9. The second-order valence-corrected chi connectivity index (χ2v) is 14.9. The third-order valence-corrected chi connectivity index (χ3v) is 11.4. The van der Waals surface area contributed by atoms with Crippen molar-refractivity contribution < 1.29 is 30.2 Å². The van der Waals surface area contributed by atoms with Crippen LogP contribution in [0.2, 0.25) is 0 Å². The molecule has 0 fully saturated rings. The van der Waals surface area contributed by atoms with Gasteiger partial charge in [-0.2, -0.15) is 0 Å². The van der Waals surface area contributed by atoms with E-state index in [1.54, 1.807) is 12.1 Å². The summed E-state index contributed by atoms with van der Waals surface area (Å²) in [5.41, 5.74) is 0.495. The van der Waals surface area contributed by atoms with Gasteiger partial charge in [-0.3, -0.25) is 0 Å². The van der Waals surface area contributed by atoms with Crippen molar-refractivity contribution in [3.8, 4) is 50.4 Å². The summed E-state index contributed by atoms with van der Waals surface area (Å²) in [6.45, 7) is 0. The summed E-state index contributed by atoms with van der Waals surface area (Å²) in [5.74, 6) is 0. The number of nitrogens with zero attached hydrogens (tertiary/aromatic N) is 3. The predicted molar refractivity (Wildman–Crippen MR) is 266 cm³/mol. The highest BCUT2D eigenvalue weighted by Gasteiger charge is 2.22. The Bertz CT molecular complexity index is 5130. The van der Waals surface area contributed by atoms with Crippen molar-refractivity contribution in [2.45, 2.75) is 0 Å². The van der Waals surface area contributed by atoms with E-state index in [0.29, 0.717) is 22.3 Å². The third kappa shape index (κ3) is 5.53. The van der Waals surface area contributed by atoms with Gasteiger partial charge in [-0.05, 0) is 99.9 Å². The molecule has 13 rings (SSSR count). The van der Waals surface area contributed by atoms with Gasteiger partial charge in [0, 0.05) is 43.7 Å². The summed E-state index contributed by atoms with van der Waals surface area (Å²) in [7, 11) is 0. The molecule has 10 aromatic carbocycles. The van der Waals surface area contributed by atoms with Gasteiger partial charge in [-0.1, -0.05) is 169 Å². The zero-order valence-electron chi connectivity index (χ0n) is 54.7. The second-order valence-electron chi connectivity index (χ2n) is 14.9. The van der Waals surface area contributed by atoms with E-state index in [1.165, 1.54) is 4.57 Å². The minimum Gasteiger partial charge on any atom is -0.309 e. The molecular weight excluding hydrogens is 763 g/mol. The fraction of sp³-hybridized carbons (Fsp3) is 0. The summed E-state index contributed by atoms with van der Waals surface area (Å²) >= 11 is 0. The van der Waals surface area contributed by atoms with Crippen molar-refractivity contribution in [3.05, 3.63) is 236 Å². The number of rotatable bonds is 6. The van der Waals surface area contributed by atoms with Crippen LogP contribution < -0.4 is 0 Å². The predicted octanol–water partition coefficient (Wildman–Crippen LogP) is 16.0. The Morgan fingerprint density at radius 2 is 0.730 bits per heavy atom. The van der Waals surface area contributed by atoms with Gasteiger partial charge in [0.05, 0.1) is 68.9 Å². The number of benzene rings is 10. The van der Waals surface area contributed by atoms with E-state index in [2.05, 4.69) is 0 Å². The average Bonchev–Trinajstić information content (AvgIpc) is 1.56. The van der Waals surface area contributed by atoms with Crippen LogP contribution >= 0.6 is 0 Å². The quantitative estimate of drug-likeness (QED) is 0.159. The van der Waals surface area contributed by atoms with Crippen LogP contribution in [0, 0.1) is 0 Å². The molecule has 3 aromatic heterocycles. The lowest BCUT2D eigenvalue weighted by atomic mass is 9.95. The molecule has 0 N–H and O–H groups in total. The normalized spacial score (nSPS) is 16.7. The number of aromatic nitrogens is 3. The third-order valence-electron chi connectivity index (χ3n) is 11.4. The van der Waals surface area contributed by atoms with E-state index in [1.807, 2.05) is 91.0 Å². The summed E-state index contributed by atoms with van der Waals surface area (Å²) in [6.07, 6.45) is 0. The van der Waals surface area contributed by atoms with Gasteiger partial charge in [0.25, 0.3) is 0 Å². The monoisotopic (exact) mass is 823 g/mol. The summed E-state index contributed by atoms with van der Waals surface area (Å²) < 4.78 is 209. The molecule has 0 radical (unpaired) electrons. The Hall–Kier alpha value is -8.40. The molecule has 294 valence electrons. The van der Waals surface area contributed by atoms with Crippen molar-refractivity contribution in [3.63, 3.8) is 0 Å². The average molecular weight is 824 g/mol. The molecule has 3 heterocycles. The standard InChI is InChI=1S/C60H39N3/c1-3-17-40(18-4-1)42-21-15-22-43(35-42)45-36-44(41-19-5-2-6-20-41)37-47(38-45)61-54-28-11-7-25-50(54)52-34-33-46(39-59(52)61)62-55-29-12-10-26-51(55)53-27-16-32-58(60(53)62)63-56-30-13-8-23-48(56)49-24-9-14-31-57(49)63/h1-39H/i7D,8D,9D,10D,11D,12D,13D,14D,16D,23D,24D,25D,26D,27D,28D,29D,30D,31D,32D,33D,34D,39D. The SMILES string of the molecule is [2H]c1c([2H])c([2H])c2c(c1[2H])c1c([2H])c([2H])c(-n3c4c([2H])c([2H])c([2H])c([2H])c4c4c([2H])c([2H])c([2H])c(-n5c6c([2H])c([2H])c([2H])c([2H])c6c6c([2H])c([2H])c([2H])c([2H])c65)c43)c([2H])c1n2-c1cc(-c2ccccc2)cc(-c2cccc(-c3ccccc3)c2)c1. The number of hydrogen-bond donors (Lipinski definition) is 0. The molecule has 0 unspecified atom stereocenters. The van der Waals surface area contributed by atoms with Gasteiger partial charge >= 0.3 is 0 Å². The molecule has 3 nitrogen and oxygen atoms in total. The van der Waals surface area contributed by atoms with E-state index in [-0.39, 0.29) is 27.5 Å². The largest absolute Gasteiger partial charge is 0.309 e. The first-order chi connectivity index (χ1) is 40.4. The van der Waals surface area contributed by atoms with Crippen molar-refractivity contribution in [1.29, 1.82) is 0 Å². The maximum absolute atomic E-state index is 10.6. The lowest BCUT2D eigenvalue weighted by Gasteiger charge is -2.16. The number of hydrogen-bond acceptors (Lipinski definition) is 0. The van der Waals surface area contributed by atoms with Gasteiger partial charge in [0.2, 0.25) is 0 Å². The van der Waals surface area contributed by atoms with Crippen molar-refractivity contribution >= 4 is 65.4 Å². The Morgan fingerprint density at radius 1 is 0.286 bits per heavy atom. The smallest absolute Gasteiger partial charge is 0.0782 e. The summed E-state index contributed by atoms with van der Waals surface area (Å²) in [5, 5.41) is -2.45. The Morgan fingerprint density at radius 3 is 1.35 bits per heavy atom. The Balaban J connectivity index is 1.28. The minimum absolute atomic E-state index is 0.196. The molecule has 0 spiro atoms. The highest BCUT2D eigenvalue weighted by Crippen LogP contribution is 2.42. The van der Waals surface area contributed by atoms with Crippen molar-refractivity contribution in [1.82, 2.24) is 13.7 Å². The maximum Gasteiger partial charge on any atom is 0.0782 e. The zero-order valence-corrected chi connectivity index (χ0v) is 32.7. The van der Waals surface area contributed by atoms with Crippen LogP contribution in [-0.2, 0) is 0 Å². The van der Waals surface area contributed by atoms with Gasteiger partial charge in [-0.15, -0.1) is 0 Å². The first-order valence-corrected chi connectivity index (χ1v) is 19.9. The van der Waals surface area contributed by atoms with Crippen LogP contribution in [0.5, 0.6) is 0 Å². The Kier molecular flexibility index (Phi) is 4.47. The molecule has 0 atom stereocenters. The lowest BCUT2D eigenvalue weighted by molar-refractivity contribution is 1.13. The molecule has 3 heteroatoms. The van der Waals surface area contributed by atoms with Crippen LogP contribution in [0.1, 0.15) is 30.2 Å². The van der Waals surface area contributed by atoms with Crippen LogP contribution in [0.3, 0.4) is 0 Å². The number of para-hydroxylation sites is 5. The zero-order chi connectivity index (χ0) is 60.6. The summed E-state index contributed by atoms with van der Waals surface area (Å²) in [6, 6.07) is 14.5. The van der Waals surface area contributed by atoms with Crippen LogP contribution in [0.4, 0.5) is 0 Å². The fourth-order valence-electron chi connectivity index (χ4n) is 8.67. The van der Waals surface area contributed by atoms with Gasteiger partial charge in [0.1, 0.15) is 0 Å². The first-order valence-electron chi connectivity index (χ1n) is 30.9. The molecule has 13 aromatic rings. The lowest BCUT2D eigenvalue weighted by Crippen LogP contribution is -2.01. The fourth-order valence-corrected chi connectivity index (χ4v) is 8.67. The molecule has 0 saturated heterocycles. The van der Waals surface area contributed by atoms with Crippen molar-refractivity contribution in [2.24, 2.45) is 0 Å². The molecule has 0 aliphatic carbocycles. The van der Waals surface area contributed by atoms with Gasteiger partial charge in [0.15, 0.2) is 0 Å². The minimum atomic E-state index is -0.931. The van der Waals surface area contributed by atoms with E-state index >= 15 is 0 Å².